The van der Waals surface area contributed by atoms with E-state index in [1.165, 1.54) is 5.56 Å². The lowest BCUT2D eigenvalue weighted by Gasteiger charge is -2.22. The van der Waals surface area contributed by atoms with E-state index in [0.717, 1.165) is 24.8 Å². The third kappa shape index (κ3) is 1.34. The predicted molar refractivity (Wildman–Crippen MR) is 55.4 cm³/mol. The lowest BCUT2D eigenvalue weighted by molar-refractivity contribution is 0.570. The first-order valence-electron chi connectivity index (χ1n) is 4.80. The lowest BCUT2D eigenvalue weighted by atomic mass is 9.86. The lowest BCUT2D eigenvalue weighted by Crippen LogP contribution is -2.18. The van der Waals surface area contributed by atoms with Gasteiger partial charge in [0.1, 0.15) is 6.07 Å². The molecule has 0 radical (unpaired) electrons. The first kappa shape index (κ1) is 9.04. The number of rotatable bonds is 0. The van der Waals surface area contributed by atoms with Crippen LogP contribution in [-0.2, 0) is 6.42 Å². The number of nitrogen functional groups attached to an aromatic ring is 1. The van der Waals surface area contributed by atoms with Gasteiger partial charge >= 0.3 is 0 Å². The number of nitrogens with zero attached hydrogens (tertiary/aromatic N) is 1. The van der Waals surface area contributed by atoms with E-state index in [2.05, 4.69) is 6.07 Å². The normalized spacial score (nSPS) is 19.9. The number of aryl methyl sites for hydroxylation is 1. The van der Waals surface area contributed by atoms with E-state index in [1.54, 1.807) is 0 Å². The molecule has 0 saturated carbocycles. The zero-order valence-corrected chi connectivity index (χ0v) is 7.96. The number of nitriles is 1. The van der Waals surface area contributed by atoms with Gasteiger partial charge in [-0.15, -0.1) is 0 Å². The molecule has 3 heteroatoms. The van der Waals surface area contributed by atoms with Gasteiger partial charge in [0, 0.05) is 11.7 Å². The molecule has 0 fully saturated rings. The van der Waals surface area contributed by atoms with E-state index >= 15 is 0 Å². The molecule has 1 unspecified atom stereocenters. The average molecular weight is 187 g/mol. The second kappa shape index (κ2) is 3.32. The summed E-state index contributed by atoms with van der Waals surface area (Å²) in [6.45, 7) is 0. The van der Waals surface area contributed by atoms with Crippen LogP contribution in [0.25, 0.3) is 0 Å². The highest BCUT2D eigenvalue weighted by Crippen LogP contribution is 2.30. The van der Waals surface area contributed by atoms with E-state index in [-0.39, 0.29) is 6.04 Å². The molecule has 1 atom stereocenters. The third-order valence-electron chi connectivity index (χ3n) is 2.79. The SMILES string of the molecule is N#Cc1cc2c(cc1N)C(N)CCC2. The van der Waals surface area contributed by atoms with Crippen LogP contribution in [0.5, 0.6) is 0 Å². The van der Waals surface area contributed by atoms with Gasteiger partial charge < -0.3 is 11.5 Å². The molecule has 0 spiro atoms. The molecule has 0 heterocycles. The molecular formula is C11H13N3. The maximum Gasteiger partial charge on any atom is 0.101 e. The van der Waals surface area contributed by atoms with Crippen LogP contribution in [0.3, 0.4) is 0 Å². The number of hydrogen-bond acceptors (Lipinski definition) is 3. The van der Waals surface area contributed by atoms with E-state index < -0.39 is 0 Å². The van der Waals surface area contributed by atoms with Crippen LogP contribution < -0.4 is 11.5 Å². The van der Waals surface area contributed by atoms with E-state index in [1.807, 2.05) is 12.1 Å². The average Bonchev–Trinajstić information content (AvgIpc) is 2.19. The summed E-state index contributed by atoms with van der Waals surface area (Å²) in [6.07, 6.45) is 3.12. The van der Waals surface area contributed by atoms with Crippen molar-refractivity contribution in [1.82, 2.24) is 0 Å². The van der Waals surface area contributed by atoms with Crippen molar-refractivity contribution >= 4 is 5.69 Å². The van der Waals surface area contributed by atoms with Gasteiger partial charge in [-0.2, -0.15) is 5.26 Å². The van der Waals surface area contributed by atoms with E-state index in [0.29, 0.717) is 11.3 Å². The predicted octanol–water partition coefficient (Wildman–Crippen LogP) is 1.48. The molecule has 2 rings (SSSR count). The van der Waals surface area contributed by atoms with Crippen LogP contribution >= 0.6 is 0 Å². The topological polar surface area (TPSA) is 75.8 Å². The van der Waals surface area contributed by atoms with Gasteiger partial charge in [0.15, 0.2) is 0 Å². The Morgan fingerprint density at radius 3 is 2.93 bits per heavy atom. The van der Waals surface area contributed by atoms with Crippen LogP contribution in [0.1, 0.15) is 35.6 Å². The van der Waals surface area contributed by atoms with Crippen LogP contribution in [-0.4, -0.2) is 0 Å². The smallest absolute Gasteiger partial charge is 0.101 e. The minimum absolute atomic E-state index is 0.0915. The van der Waals surface area contributed by atoms with E-state index in [4.69, 9.17) is 16.7 Å². The van der Waals surface area contributed by atoms with Crippen molar-refractivity contribution in [3.8, 4) is 6.07 Å². The minimum atomic E-state index is 0.0915. The summed E-state index contributed by atoms with van der Waals surface area (Å²) < 4.78 is 0. The molecule has 0 aromatic heterocycles. The van der Waals surface area contributed by atoms with E-state index in [9.17, 15) is 0 Å². The zero-order chi connectivity index (χ0) is 10.1. The quantitative estimate of drug-likeness (QED) is 0.604. The molecule has 0 amide bonds. The zero-order valence-electron chi connectivity index (χ0n) is 7.96. The first-order chi connectivity index (χ1) is 6.72. The van der Waals surface area contributed by atoms with Crippen molar-refractivity contribution in [3.05, 3.63) is 28.8 Å². The molecular weight excluding hydrogens is 174 g/mol. The van der Waals surface area contributed by atoms with Gasteiger partial charge in [-0.3, -0.25) is 0 Å². The highest BCUT2D eigenvalue weighted by Gasteiger charge is 2.18. The molecule has 1 aromatic rings. The van der Waals surface area contributed by atoms with Crippen molar-refractivity contribution in [2.45, 2.75) is 25.3 Å². The fourth-order valence-electron chi connectivity index (χ4n) is 2.01. The van der Waals surface area contributed by atoms with Crippen LogP contribution in [0.2, 0.25) is 0 Å². The van der Waals surface area contributed by atoms with Crippen molar-refractivity contribution in [2.24, 2.45) is 5.73 Å². The molecule has 1 aliphatic rings. The molecule has 4 N–H and O–H groups in total. The highest BCUT2D eigenvalue weighted by molar-refractivity contribution is 5.58. The van der Waals surface area contributed by atoms with Crippen LogP contribution in [0.4, 0.5) is 5.69 Å². The molecule has 1 aromatic carbocycles. The first-order valence-corrected chi connectivity index (χ1v) is 4.80. The van der Waals surface area contributed by atoms with Crippen molar-refractivity contribution in [3.63, 3.8) is 0 Å². The molecule has 3 nitrogen and oxygen atoms in total. The summed E-state index contributed by atoms with van der Waals surface area (Å²) >= 11 is 0. The summed E-state index contributed by atoms with van der Waals surface area (Å²) in [5, 5.41) is 8.82. The third-order valence-corrected chi connectivity index (χ3v) is 2.79. The Morgan fingerprint density at radius 2 is 2.21 bits per heavy atom. The maximum absolute atomic E-state index is 8.82. The van der Waals surface area contributed by atoms with Gasteiger partial charge in [-0.25, -0.2) is 0 Å². The molecule has 0 bridgehead atoms. The maximum atomic E-state index is 8.82. The second-order valence-electron chi connectivity index (χ2n) is 3.75. The number of hydrogen-bond donors (Lipinski definition) is 2. The summed E-state index contributed by atoms with van der Waals surface area (Å²) in [6, 6.07) is 5.92. The van der Waals surface area contributed by atoms with Crippen molar-refractivity contribution < 1.29 is 0 Å². The molecule has 0 saturated heterocycles. The Kier molecular flexibility index (Phi) is 2.14. The van der Waals surface area contributed by atoms with Crippen molar-refractivity contribution in [1.29, 1.82) is 5.26 Å². The van der Waals surface area contributed by atoms with Crippen LogP contribution in [0.15, 0.2) is 12.1 Å². The number of anilines is 1. The van der Waals surface area contributed by atoms with Gasteiger partial charge in [0.25, 0.3) is 0 Å². The number of benzene rings is 1. The Balaban J connectivity index is 2.55. The monoisotopic (exact) mass is 187 g/mol. The Morgan fingerprint density at radius 1 is 1.43 bits per heavy atom. The summed E-state index contributed by atoms with van der Waals surface area (Å²) in [5.74, 6) is 0. The van der Waals surface area contributed by atoms with Gasteiger partial charge in [-0.1, -0.05) is 0 Å². The molecule has 0 aliphatic heterocycles. The van der Waals surface area contributed by atoms with Gasteiger partial charge in [0.2, 0.25) is 0 Å². The summed E-state index contributed by atoms with van der Waals surface area (Å²) in [5.41, 5.74) is 15.1. The molecule has 72 valence electrons. The Hall–Kier alpha value is -1.53. The summed E-state index contributed by atoms with van der Waals surface area (Å²) in [4.78, 5) is 0. The Bertz CT molecular complexity index is 404. The highest BCUT2D eigenvalue weighted by atomic mass is 14.6. The molecule has 14 heavy (non-hydrogen) atoms. The second-order valence-corrected chi connectivity index (χ2v) is 3.75. The molecule has 1 aliphatic carbocycles. The minimum Gasteiger partial charge on any atom is -0.398 e. The standard InChI is InChI=1S/C11H13N3/c12-6-8-4-7-2-1-3-10(13)9(7)5-11(8)14/h4-5,10H,1-3,13-14H2. The van der Waals surface area contributed by atoms with Crippen LogP contribution in [0, 0.1) is 11.3 Å². The number of nitrogens with two attached hydrogens (primary N) is 2. The summed E-state index contributed by atoms with van der Waals surface area (Å²) in [7, 11) is 0. The van der Waals surface area contributed by atoms with Gasteiger partial charge in [-0.05, 0) is 42.5 Å². The van der Waals surface area contributed by atoms with Gasteiger partial charge in [0.05, 0.1) is 5.56 Å². The fourth-order valence-corrected chi connectivity index (χ4v) is 2.01. The number of fused-ring (bicyclic) bond motifs is 1. The van der Waals surface area contributed by atoms with Crippen molar-refractivity contribution in [2.75, 3.05) is 5.73 Å². The largest absolute Gasteiger partial charge is 0.398 e. The Labute approximate surface area is 83.3 Å². The fraction of sp³-hybridized carbons (Fsp3) is 0.364.